The van der Waals surface area contributed by atoms with Crippen molar-refractivity contribution in [2.75, 3.05) is 18.0 Å². The fourth-order valence-corrected chi connectivity index (χ4v) is 3.91. The van der Waals surface area contributed by atoms with Crippen molar-refractivity contribution >= 4 is 11.7 Å². The number of rotatable bonds is 3. The molecule has 3 nitrogen and oxygen atoms in total. The summed E-state index contributed by atoms with van der Waals surface area (Å²) in [7, 11) is 0. The topological polar surface area (TPSA) is 40.5 Å². The molecule has 1 fully saturated rings. The second-order valence-electron chi connectivity index (χ2n) is 6.61. The maximum atomic E-state index is 11.8. The van der Waals surface area contributed by atoms with Crippen molar-refractivity contribution < 1.29 is 9.90 Å². The summed E-state index contributed by atoms with van der Waals surface area (Å²) in [5, 5.41) is 9.68. The van der Waals surface area contributed by atoms with Crippen LogP contribution in [0.3, 0.4) is 0 Å². The van der Waals surface area contributed by atoms with Gasteiger partial charge in [-0.1, -0.05) is 38.0 Å². The van der Waals surface area contributed by atoms with E-state index < -0.39 is 11.4 Å². The van der Waals surface area contributed by atoms with Gasteiger partial charge in [0.25, 0.3) is 0 Å². The minimum atomic E-state index is -0.606. The summed E-state index contributed by atoms with van der Waals surface area (Å²) in [6.45, 7) is 3.90. The number of carboxylic acids is 1. The smallest absolute Gasteiger partial charge is 0.311 e. The Morgan fingerprint density at radius 2 is 2.05 bits per heavy atom. The number of fused-ring (bicyclic) bond motifs is 1. The van der Waals surface area contributed by atoms with Gasteiger partial charge in [-0.2, -0.15) is 0 Å². The van der Waals surface area contributed by atoms with E-state index >= 15 is 0 Å². The fourth-order valence-electron chi connectivity index (χ4n) is 3.91. The van der Waals surface area contributed by atoms with Crippen molar-refractivity contribution in [3.8, 4) is 0 Å². The van der Waals surface area contributed by atoms with Crippen molar-refractivity contribution in [3.05, 3.63) is 29.8 Å². The second kappa shape index (κ2) is 5.12. The van der Waals surface area contributed by atoms with Gasteiger partial charge in [0.1, 0.15) is 0 Å². The molecule has 0 saturated heterocycles. The highest BCUT2D eigenvalue weighted by Gasteiger charge is 2.43. The molecule has 1 aliphatic carbocycles. The van der Waals surface area contributed by atoms with Crippen molar-refractivity contribution in [1.29, 1.82) is 0 Å². The molecule has 1 saturated carbocycles. The Labute approximate surface area is 120 Å². The highest BCUT2D eigenvalue weighted by molar-refractivity contribution is 5.76. The summed E-state index contributed by atoms with van der Waals surface area (Å²) >= 11 is 0. The Bertz CT molecular complexity index is 505. The summed E-state index contributed by atoms with van der Waals surface area (Å²) in [6.07, 6.45) is 4.87. The Balaban J connectivity index is 1.89. The SMILES string of the molecule is CC1Cc2ccccc2N(CC2(C(=O)O)CCCC2)C1. The lowest BCUT2D eigenvalue weighted by molar-refractivity contribution is -0.148. The van der Waals surface area contributed by atoms with E-state index in [1.165, 1.54) is 11.3 Å². The molecule has 0 spiro atoms. The molecule has 2 aliphatic rings. The molecule has 0 radical (unpaired) electrons. The van der Waals surface area contributed by atoms with E-state index in [0.29, 0.717) is 12.5 Å². The molecule has 1 unspecified atom stereocenters. The lowest BCUT2D eigenvalue weighted by Gasteiger charge is -2.39. The number of aliphatic carboxylic acids is 1. The van der Waals surface area contributed by atoms with Crippen LogP contribution < -0.4 is 4.90 Å². The lowest BCUT2D eigenvalue weighted by atomic mass is 9.84. The molecule has 1 N–H and O–H groups in total. The zero-order chi connectivity index (χ0) is 14.2. The minimum absolute atomic E-state index is 0.524. The van der Waals surface area contributed by atoms with E-state index in [2.05, 4.69) is 36.1 Å². The quantitative estimate of drug-likeness (QED) is 0.918. The summed E-state index contributed by atoms with van der Waals surface area (Å²) in [5.74, 6) is -0.0112. The molecule has 0 amide bonds. The molecule has 1 aliphatic heterocycles. The highest BCUT2D eigenvalue weighted by Crippen LogP contribution is 2.41. The van der Waals surface area contributed by atoms with Gasteiger partial charge in [0.05, 0.1) is 5.41 Å². The van der Waals surface area contributed by atoms with Gasteiger partial charge in [0.15, 0.2) is 0 Å². The largest absolute Gasteiger partial charge is 0.481 e. The van der Waals surface area contributed by atoms with Gasteiger partial charge in [0.2, 0.25) is 0 Å². The Hall–Kier alpha value is -1.51. The number of hydrogen-bond acceptors (Lipinski definition) is 2. The van der Waals surface area contributed by atoms with E-state index in [9.17, 15) is 9.90 Å². The third-order valence-corrected chi connectivity index (χ3v) is 4.94. The zero-order valence-corrected chi connectivity index (χ0v) is 12.1. The van der Waals surface area contributed by atoms with Gasteiger partial charge in [-0.05, 0) is 36.8 Å². The predicted octanol–water partition coefficient (Wildman–Crippen LogP) is 3.33. The van der Waals surface area contributed by atoms with E-state index in [1.54, 1.807) is 0 Å². The average Bonchev–Trinajstić information content (AvgIpc) is 2.88. The molecule has 1 aromatic carbocycles. The first-order chi connectivity index (χ1) is 9.61. The lowest BCUT2D eigenvalue weighted by Crippen LogP contribution is -2.45. The summed E-state index contributed by atoms with van der Waals surface area (Å²) < 4.78 is 0. The Kier molecular flexibility index (Phi) is 3.45. The van der Waals surface area contributed by atoms with Crippen LogP contribution in [0.25, 0.3) is 0 Å². The second-order valence-corrected chi connectivity index (χ2v) is 6.61. The molecule has 0 bridgehead atoms. The molecular weight excluding hydrogens is 250 g/mol. The van der Waals surface area contributed by atoms with Crippen LogP contribution in [0.5, 0.6) is 0 Å². The predicted molar refractivity (Wildman–Crippen MR) is 80.1 cm³/mol. The highest BCUT2D eigenvalue weighted by atomic mass is 16.4. The van der Waals surface area contributed by atoms with Gasteiger partial charge in [-0.3, -0.25) is 4.79 Å². The molecule has 108 valence electrons. The number of benzene rings is 1. The van der Waals surface area contributed by atoms with Gasteiger partial charge in [-0.25, -0.2) is 0 Å². The Morgan fingerprint density at radius 1 is 1.35 bits per heavy atom. The van der Waals surface area contributed by atoms with Crippen LogP contribution in [0.2, 0.25) is 0 Å². The molecule has 3 heteroatoms. The van der Waals surface area contributed by atoms with Crippen molar-refractivity contribution in [3.63, 3.8) is 0 Å². The molecule has 1 heterocycles. The summed E-state index contributed by atoms with van der Waals surface area (Å²) in [5.41, 5.74) is 2.09. The first kappa shape index (κ1) is 13.5. The maximum absolute atomic E-state index is 11.8. The number of nitrogens with zero attached hydrogens (tertiary/aromatic N) is 1. The fraction of sp³-hybridized carbons (Fsp3) is 0.588. The molecule has 1 atom stereocenters. The van der Waals surface area contributed by atoms with Gasteiger partial charge < -0.3 is 10.0 Å². The van der Waals surface area contributed by atoms with Crippen LogP contribution >= 0.6 is 0 Å². The van der Waals surface area contributed by atoms with Gasteiger partial charge in [-0.15, -0.1) is 0 Å². The molecular formula is C17H23NO2. The van der Waals surface area contributed by atoms with E-state index in [-0.39, 0.29) is 0 Å². The number of para-hydroxylation sites is 1. The van der Waals surface area contributed by atoms with Crippen molar-refractivity contribution in [2.45, 2.75) is 39.0 Å². The number of hydrogen-bond donors (Lipinski definition) is 1. The van der Waals surface area contributed by atoms with Crippen molar-refractivity contribution in [2.24, 2.45) is 11.3 Å². The van der Waals surface area contributed by atoms with Gasteiger partial charge in [0, 0.05) is 18.8 Å². The first-order valence-corrected chi connectivity index (χ1v) is 7.67. The third kappa shape index (κ3) is 2.30. The van der Waals surface area contributed by atoms with Crippen LogP contribution in [0.1, 0.15) is 38.2 Å². The molecule has 20 heavy (non-hydrogen) atoms. The monoisotopic (exact) mass is 273 g/mol. The number of carboxylic acid groups (broad SMARTS) is 1. The summed E-state index contributed by atoms with van der Waals surface area (Å²) in [4.78, 5) is 14.1. The third-order valence-electron chi connectivity index (χ3n) is 4.94. The maximum Gasteiger partial charge on any atom is 0.311 e. The minimum Gasteiger partial charge on any atom is -0.481 e. The Morgan fingerprint density at radius 3 is 2.75 bits per heavy atom. The van der Waals surface area contributed by atoms with Crippen molar-refractivity contribution in [1.82, 2.24) is 0 Å². The first-order valence-electron chi connectivity index (χ1n) is 7.67. The van der Waals surface area contributed by atoms with Crippen LogP contribution in [-0.4, -0.2) is 24.2 Å². The molecule has 1 aromatic rings. The van der Waals surface area contributed by atoms with Crippen LogP contribution in [0.4, 0.5) is 5.69 Å². The van der Waals surface area contributed by atoms with E-state index in [0.717, 1.165) is 38.6 Å². The molecule has 0 aromatic heterocycles. The normalized spacial score (nSPS) is 24.4. The number of anilines is 1. The van der Waals surface area contributed by atoms with Crippen LogP contribution in [-0.2, 0) is 11.2 Å². The van der Waals surface area contributed by atoms with E-state index in [1.807, 2.05) is 0 Å². The average molecular weight is 273 g/mol. The standard InChI is InChI=1S/C17H23NO2/c1-13-10-14-6-2-3-7-15(14)18(11-13)12-17(16(19)20)8-4-5-9-17/h2-3,6-7,13H,4-5,8-12H2,1H3,(H,19,20). The molecule has 3 rings (SSSR count). The summed E-state index contributed by atoms with van der Waals surface area (Å²) in [6, 6.07) is 8.47. The zero-order valence-electron chi connectivity index (χ0n) is 12.1. The van der Waals surface area contributed by atoms with E-state index in [4.69, 9.17) is 0 Å². The van der Waals surface area contributed by atoms with Gasteiger partial charge >= 0.3 is 5.97 Å². The number of carbonyl (C=O) groups is 1. The van der Waals surface area contributed by atoms with Crippen LogP contribution in [0, 0.1) is 11.3 Å². The van der Waals surface area contributed by atoms with Crippen LogP contribution in [0.15, 0.2) is 24.3 Å².